The van der Waals surface area contributed by atoms with Crippen molar-refractivity contribution in [1.82, 2.24) is 15.1 Å². The molecule has 1 atom stereocenters. The highest BCUT2D eigenvalue weighted by molar-refractivity contribution is 7.10. The Morgan fingerprint density at radius 3 is 2.33 bits per heavy atom. The minimum Gasteiger partial charge on any atom is -0.291 e. The van der Waals surface area contributed by atoms with Gasteiger partial charge < -0.3 is 0 Å². The molecule has 0 saturated carbocycles. The van der Waals surface area contributed by atoms with Gasteiger partial charge in [0.2, 0.25) is 0 Å². The SMILES string of the molecule is CN1C(=O)C(=O)N(CN[C@H](c2cccs2)C(C)(C)C)C1=O. The molecule has 1 aromatic rings. The topological polar surface area (TPSA) is 69.7 Å². The summed E-state index contributed by atoms with van der Waals surface area (Å²) in [6, 6.07) is 3.37. The molecule has 114 valence electrons. The average molecular weight is 309 g/mol. The molecule has 0 radical (unpaired) electrons. The van der Waals surface area contributed by atoms with Gasteiger partial charge >= 0.3 is 17.8 Å². The Labute approximate surface area is 127 Å². The number of rotatable bonds is 4. The van der Waals surface area contributed by atoms with E-state index < -0.39 is 17.8 Å². The highest BCUT2D eigenvalue weighted by atomic mass is 32.1. The van der Waals surface area contributed by atoms with Gasteiger partial charge in [0.05, 0.1) is 6.67 Å². The fourth-order valence-electron chi connectivity index (χ4n) is 2.22. The maximum Gasteiger partial charge on any atom is 0.335 e. The lowest BCUT2D eigenvalue weighted by Crippen LogP contribution is -2.43. The lowest BCUT2D eigenvalue weighted by atomic mass is 9.86. The van der Waals surface area contributed by atoms with Crippen molar-refractivity contribution in [3.05, 3.63) is 22.4 Å². The van der Waals surface area contributed by atoms with Crippen molar-refractivity contribution < 1.29 is 14.4 Å². The van der Waals surface area contributed by atoms with Crippen LogP contribution in [0.15, 0.2) is 17.5 Å². The van der Waals surface area contributed by atoms with E-state index in [0.717, 1.165) is 14.7 Å². The summed E-state index contributed by atoms with van der Waals surface area (Å²) in [5.74, 6) is -1.57. The summed E-state index contributed by atoms with van der Waals surface area (Å²) in [5, 5.41) is 5.21. The summed E-state index contributed by atoms with van der Waals surface area (Å²) in [6.07, 6.45) is 0. The Bertz CT molecular complexity index is 563. The number of nitrogens with zero attached hydrogens (tertiary/aromatic N) is 2. The molecule has 1 saturated heterocycles. The zero-order valence-electron chi connectivity index (χ0n) is 12.5. The van der Waals surface area contributed by atoms with Crippen molar-refractivity contribution in [1.29, 1.82) is 0 Å². The number of imide groups is 2. The third kappa shape index (κ3) is 2.98. The van der Waals surface area contributed by atoms with Crippen LogP contribution in [-0.4, -0.2) is 41.4 Å². The molecular formula is C14H19N3O3S. The van der Waals surface area contributed by atoms with Crippen LogP contribution in [-0.2, 0) is 9.59 Å². The normalized spacial score (nSPS) is 17.8. The molecule has 0 aliphatic carbocycles. The molecule has 1 aliphatic rings. The minimum atomic E-state index is -0.787. The number of likely N-dealkylation sites (N-methyl/N-ethyl adjacent to an activating group) is 1. The molecule has 6 nitrogen and oxygen atoms in total. The van der Waals surface area contributed by atoms with Crippen LogP contribution in [0.5, 0.6) is 0 Å². The molecule has 0 bridgehead atoms. The van der Waals surface area contributed by atoms with Crippen LogP contribution in [0.2, 0.25) is 0 Å². The van der Waals surface area contributed by atoms with Crippen LogP contribution in [0, 0.1) is 5.41 Å². The first kappa shape index (κ1) is 15.7. The number of amides is 4. The molecular weight excluding hydrogens is 290 g/mol. The zero-order chi connectivity index (χ0) is 15.8. The van der Waals surface area contributed by atoms with Gasteiger partial charge in [0.15, 0.2) is 0 Å². The van der Waals surface area contributed by atoms with Gasteiger partial charge in [-0.05, 0) is 16.9 Å². The first-order valence-electron chi connectivity index (χ1n) is 6.63. The second kappa shape index (κ2) is 5.57. The maximum atomic E-state index is 11.8. The summed E-state index contributed by atoms with van der Waals surface area (Å²) in [5.41, 5.74) is -0.0907. The summed E-state index contributed by atoms with van der Waals surface area (Å²) in [7, 11) is 1.31. The second-order valence-corrected chi connectivity index (χ2v) is 7.04. The Balaban J connectivity index is 2.12. The number of urea groups is 1. The third-order valence-corrected chi connectivity index (χ3v) is 4.33. The smallest absolute Gasteiger partial charge is 0.291 e. The number of hydrogen-bond donors (Lipinski definition) is 1. The molecule has 1 aromatic heterocycles. The Kier molecular flexibility index (Phi) is 4.15. The van der Waals surface area contributed by atoms with Gasteiger partial charge in [0.1, 0.15) is 0 Å². The zero-order valence-corrected chi connectivity index (χ0v) is 13.4. The molecule has 2 rings (SSSR count). The van der Waals surface area contributed by atoms with Crippen molar-refractivity contribution in [3.8, 4) is 0 Å². The van der Waals surface area contributed by atoms with E-state index in [0.29, 0.717) is 0 Å². The molecule has 1 N–H and O–H groups in total. The van der Waals surface area contributed by atoms with Crippen LogP contribution in [0.25, 0.3) is 0 Å². The van der Waals surface area contributed by atoms with Gasteiger partial charge in [0, 0.05) is 18.0 Å². The van der Waals surface area contributed by atoms with Crippen molar-refractivity contribution in [2.45, 2.75) is 26.8 Å². The predicted molar refractivity (Wildman–Crippen MR) is 79.5 cm³/mol. The number of carbonyl (C=O) groups is 3. The fourth-order valence-corrected chi connectivity index (χ4v) is 3.27. The predicted octanol–water partition coefficient (Wildman–Crippen LogP) is 1.80. The number of hydrogen-bond acceptors (Lipinski definition) is 5. The van der Waals surface area contributed by atoms with Gasteiger partial charge in [-0.15, -0.1) is 11.3 Å². The minimum absolute atomic E-state index is 0.0147. The molecule has 0 spiro atoms. The monoisotopic (exact) mass is 309 g/mol. The second-order valence-electron chi connectivity index (χ2n) is 6.06. The van der Waals surface area contributed by atoms with E-state index in [4.69, 9.17) is 0 Å². The van der Waals surface area contributed by atoms with E-state index in [1.165, 1.54) is 7.05 Å². The first-order valence-corrected chi connectivity index (χ1v) is 7.51. The van der Waals surface area contributed by atoms with E-state index in [2.05, 4.69) is 26.1 Å². The Morgan fingerprint density at radius 1 is 1.24 bits per heavy atom. The number of carbonyl (C=O) groups excluding carboxylic acids is 3. The first-order chi connectivity index (χ1) is 9.73. The van der Waals surface area contributed by atoms with Crippen LogP contribution in [0.4, 0.5) is 4.79 Å². The van der Waals surface area contributed by atoms with Gasteiger partial charge in [-0.1, -0.05) is 26.8 Å². The van der Waals surface area contributed by atoms with Crippen LogP contribution < -0.4 is 5.32 Å². The highest BCUT2D eigenvalue weighted by Crippen LogP contribution is 2.35. The maximum absolute atomic E-state index is 11.8. The lowest BCUT2D eigenvalue weighted by Gasteiger charge is -2.32. The van der Waals surface area contributed by atoms with Gasteiger partial charge in [-0.25, -0.2) is 9.69 Å². The van der Waals surface area contributed by atoms with Crippen LogP contribution in [0.3, 0.4) is 0 Å². The molecule has 0 aromatic carbocycles. The molecule has 4 amide bonds. The number of thiophene rings is 1. The van der Waals surface area contributed by atoms with E-state index in [1.54, 1.807) is 11.3 Å². The highest BCUT2D eigenvalue weighted by Gasteiger charge is 2.42. The quantitative estimate of drug-likeness (QED) is 0.680. The largest absolute Gasteiger partial charge is 0.335 e. The average Bonchev–Trinajstić information content (AvgIpc) is 2.97. The van der Waals surface area contributed by atoms with Crippen molar-refractivity contribution in [3.63, 3.8) is 0 Å². The molecule has 21 heavy (non-hydrogen) atoms. The summed E-state index contributed by atoms with van der Waals surface area (Å²) >= 11 is 1.61. The summed E-state index contributed by atoms with van der Waals surface area (Å²) in [6.45, 7) is 6.26. The molecule has 2 heterocycles. The molecule has 7 heteroatoms. The van der Waals surface area contributed by atoms with Crippen molar-refractivity contribution >= 4 is 29.2 Å². The van der Waals surface area contributed by atoms with Crippen molar-refractivity contribution in [2.24, 2.45) is 5.41 Å². The lowest BCUT2D eigenvalue weighted by molar-refractivity contribution is -0.143. The summed E-state index contributed by atoms with van der Waals surface area (Å²) in [4.78, 5) is 38.0. The third-order valence-electron chi connectivity index (χ3n) is 3.40. The molecule has 0 unspecified atom stereocenters. The van der Waals surface area contributed by atoms with Crippen molar-refractivity contribution in [2.75, 3.05) is 13.7 Å². The molecule has 1 aliphatic heterocycles. The van der Waals surface area contributed by atoms with Crippen LogP contribution in [0.1, 0.15) is 31.7 Å². The Morgan fingerprint density at radius 2 is 1.90 bits per heavy atom. The van der Waals surface area contributed by atoms with Gasteiger partial charge in [-0.2, -0.15) is 0 Å². The van der Waals surface area contributed by atoms with E-state index in [9.17, 15) is 14.4 Å². The number of nitrogens with one attached hydrogen (secondary N) is 1. The summed E-state index contributed by atoms with van der Waals surface area (Å²) < 4.78 is 0. The van der Waals surface area contributed by atoms with Gasteiger partial charge in [0.25, 0.3) is 0 Å². The van der Waals surface area contributed by atoms with E-state index in [1.807, 2.05) is 17.5 Å². The Hall–Kier alpha value is -1.73. The van der Waals surface area contributed by atoms with E-state index in [-0.39, 0.29) is 18.1 Å². The van der Waals surface area contributed by atoms with Gasteiger partial charge in [-0.3, -0.25) is 19.8 Å². The standard InChI is InChI=1S/C14H19N3O3S/c1-14(2,3)10(9-6-5-7-21-9)15-8-17-12(19)11(18)16(4)13(17)20/h5-7,10,15H,8H2,1-4H3/t10-/m1/s1. The van der Waals surface area contributed by atoms with Crippen LogP contribution >= 0.6 is 11.3 Å². The molecule has 1 fully saturated rings. The fraction of sp³-hybridized carbons (Fsp3) is 0.500. The van der Waals surface area contributed by atoms with E-state index >= 15 is 0 Å².